The number of benzene rings is 1. The van der Waals surface area contributed by atoms with Crippen molar-refractivity contribution in [3.8, 4) is 0 Å². The number of urea groups is 1. The van der Waals surface area contributed by atoms with E-state index in [1.54, 1.807) is 0 Å². The number of hydrogen-bond donors (Lipinski definition) is 2. The van der Waals surface area contributed by atoms with E-state index in [0.29, 0.717) is 41.0 Å². The van der Waals surface area contributed by atoms with E-state index in [0.717, 1.165) is 31.2 Å². The van der Waals surface area contributed by atoms with Crippen molar-refractivity contribution < 1.29 is 13.2 Å². The molecule has 168 valence electrons. The van der Waals surface area contributed by atoms with Crippen LogP contribution in [0.5, 0.6) is 0 Å². The Morgan fingerprint density at radius 3 is 2.13 bits per heavy atom. The van der Waals surface area contributed by atoms with Gasteiger partial charge >= 0.3 is 6.03 Å². The summed E-state index contributed by atoms with van der Waals surface area (Å²) in [6.45, 7) is 5.15. The van der Waals surface area contributed by atoms with Gasteiger partial charge in [0.25, 0.3) is 10.0 Å². The van der Waals surface area contributed by atoms with Gasteiger partial charge in [-0.15, -0.1) is 4.40 Å². The molecule has 0 unspecified atom stereocenters. The van der Waals surface area contributed by atoms with Crippen LogP contribution in [-0.2, 0) is 10.0 Å². The third-order valence-corrected chi connectivity index (χ3v) is 8.00. The second-order valence-corrected chi connectivity index (χ2v) is 10.5. The molecule has 31 heavy (non-hydrogen) atoms. The van der Waals surface area contributed by atoms with Crippen LogP contribution in [0.1, 0.15) is 63.0 Å². The molecule has 1 saturated heterocycles. The maximum absolute atomic E-state index is 12.8. The van der Waals surface area contributed by atoms with Gasteiger partial charge in [-0.25, -0.2) is 4.79 Å². The molecular formula is C23H32N4O3S. The molecule has 7 nitrogen and oxygen atoms in total. The molecule has 2 N–H and O–H groups in total. The predicted molar refractivity (Wildman–Crippen MR) is 123 cm³/mol. The number of carbonyl (C=O) groups is 1. The van der Waals surface area contributed by atoms with E-state index in [1.165, 1.54) is 19.3 Å². The van der Waals surface area contributed by atoms with Crippen LogP contribution < -0.4 is 10.6 Å². The Labute approximate surface area is 185 Å². The maximum atomic E-state index is 12.8. The summed E-state index contributed by atoms with van der Waals surface area (Å²) in [7, 11) is -3.70. The highest BCUT2D eigenvalue weighted by atomic mass is 32.2. The fraction of sp³-hybridized carbons (Fsp3) is 0.565. The van der Waals surface area contributed by atoms with Gasteiger partial charge in [0, 0.05) is 30.7 Å². The minimum Gasteiger partial charge on any atom is -0.356 e. The molecule has 0 aromatic heterocycles. The summed E-state index contributed by atoms with van der Waals surface area (Å²) < 4.78 is 29.7. The Balaban J connectivity index is 1.37. The number of carbonyl (C=O) groups excluding carboxylic acids is 1. The van der Waals surface area contributed by atoms with Gasteiger partial charge in [0.1, 0.15) is 10.7 Å². The van der Waals surface area contributed by atoms with Crippen LogP contribution in [0.4, 0.5) is 4.79 Å². The van der Waals surface area contributed by atoms with Crippen LogP contribution in [0.15, 0.2) is 34.2 Å². The number of hydrogen-bond acceptors (Lipinski definition) is 4. The van der Waals surface area contributed by atoms with E-state index in [-0.39, 0.29) is 12.1 Å². The van der Waals surface area contributed by atoms with Crippen molar-refractivity contribution in [1.82, 2.24) is 15.5 Å². The first-order chi connectivity index (χ1) is 14.8. The summed E-state index contributed by atoms with van der Waals surface area (Å²) in [6, 6.07) is 7.82. The van der Waals surface area contributed by atoms with Gasteiger partial charge in [-0.2, -0.15) is 8.42 Å². The number of rotatable bonds is 3. The minimum atomic E-state index is -3.70. The minimum absolute atomic E-state index is 0.0798. The third kappa shape index (κ3) is 4.95. The molecule has 2 fully saturated rings. The second-order valence-electron chi connectivity index (χ2n) is 8.92. The van der Waals surface area contributed by atoms with Crippen molar-refractivity contribution in [2.24, 2.45) is 4.40 Å². The van der Waals surface area contributed by atoms with Crippen LogP contribution >= 0.6 is 0 Å². The van der Waals surface area contributed by atoms with Crippen LogP contribution in [0.3, 0.4) is 0 Å². The van der Waals surface area contributed by atoms with Gasteiger partial charge in [0.05, 0.1) is 0 Å². The topological polar surface area (TPSA) is 90.9 Å². The Kier molecular flexibility index (Phi) is 6.36. The number of amidine groups is 1. The fourth-order valence-corrected chi connectivity index (χ4v) is 6.27. The van der Waals surface area contributed by atoms with Crippen LogP contribution in [0, 0.1) is 6.92 Å². The number of sulfonamides is 1. The predicted octanol–water partition coefficient (Wildman–Crippen LogP) is 3.56. The Morgan fingerprint density at radius 2 is 1.52 bits per heavy atom. The molecule has 8 heteroatoms. The largest absolute Gasteiger partial charge is 0.356 e. The standard InChI is InChI=1S/C23H32N4O3S/c1-16-8-10-18(11-9-16)21-17(2)22(26-31(21,29)30)27-14-12-20(13-15-27)25-23(28)24-19-6-4-3-5-7-19/h8-11,19-20H,3-7,12-15H2,1-2H3,(H2,24,25,28). The Hall–Kier alpha value is -2.35. The van der Waals surface area contributed by atoms with Gasteiger partial charge in [0.15, 0.2) is 0 Å². The first kappa shape index (κ1) is 21.9. The molecule has 2 heterocycles. The van der Waals surface area contributed by atoms with Crippen molar-refractivity contribution in [1.29, 1.82) is 0 Å². The summed E-state index contributed by atoms with van der Waals surface area (Å²) in [4.78, 5) is 14.7. The lowest BCUT2D eigenvalue weighted by Gasteiger charge is -2.34. The van der Waals surface area contributed by atoms with E-state index >= 15 is 0 Å². The second kappa shape index (κ2) is 9.02. The number of amides is 2. The van der Waals surface area contributed by atoms with Crippen LogP contribution in [0.25, 0.3) is 4.91 Å². The van der Waals surface area contributed by atoms with Crippen LogP contribution in [0.2, 0.25) is 0 Å². The van der Waals surface area contributed by atoms with Gasteiger partial charge in [-0.1, -0.05) is 49.1 Å². The van der Waals surface area contributed by atoms with Crippen molar-refractivity contribution in [3.63, 3.8) is 0 Å². The highest BCUT2D eigenvalue weighted by molar-refractivity contribution is 8.00. The van der Waals surface area contributed by atoms with E-state index in [2.05, 4.69) is 15.0 Å². The van der Waals surface area contributed by atoms with Gasteiger partial charge in [-0.3, -0.25) is 0 Å². The van der Waals surface area contributed by atoms with Gasteiger partial charge in [-0.05, 0) is 45.1 Å². The lowest BCUT2D eigenvalue weighted by atomic mass is 9.96. The smallest absolute Gasteiger partial charge is 0.315 e. The summed E-state index contributed by atoms with van der Waals surface area (Å²) in [5.74, 6) is 0.542. The van der Waals surface area contributed by atoms with E-state index in [4.69, 9.17) is 0 Å². The summed E-state index contributed by atoms with van der Waals surface area (Å²) >= 11 is 0. The maximum Gasteiger partial charge on any atom is 0.315 e. The highest BCUT2D eigenvalue weighted by Crippen LogP contribution is 2.34. The lowest BCUT2D eigenvalue weighted by molar-refractivity contribution is 0.219. The molecule has 1 saturated carbocycles. The number of piperidine rings is 1. The zero-order valence-electron chi connectivity index (χ0n) is 18.4. The van der Waals surface area contributed by atoms with Gasteiger partial charge < -0.3 is 15.5 Å². The summed E-state index contributed by atoms with van der Waals surface area (Å²) in [5, 5.41) is 6.20. The van der Waals surface area contributed by atoms with Crippen molar-refractivity contribution in [3.05, 3.63) is 41.0 Å². The lowest BCUT2D eigenvalue weighted by Crippen LogP contribution is -2.51. The fourth-order valence-electron chi connectivity index (χ4n) is 4.78. The van der Waals surface area contributed by atoms with Crippen molar-refractivity contribution >= 4 is 26.8 Å². The van der Waals surface area contributed by atoms with E-state index in [1.807, 2.05) is 43.0 Å². The number of likely N-dealkylation sites (tertiary alicyclic amines) is 1. The normalized spacial score (nSPS) is 22.4. The highest BCUT2D eigenvalue weighted by Gasteiger charge is 2.35. The first-order valence-electron chi connectivity index (χ1n) is 11.3. The third-order valence-electron chi connectivity index (χ3n) is 6.52. The molecule has 0 radical (unpaired) electrons. The quantitative estimate of drug-likeness (QED) is 0.746. The number of aryl methyl sites for hydroxylation is 1. The van der Waals surface area contributed by atoms with E-state index < -0.39 is 10.0 Å². The molecule has 2 aliphatic heterocycles. The zero-order chi connectivity index (χ0) is 22.0. The molecule has 4 rings (SSSR count). The monoisotopic (exact) mass is 444 g/mol. The molecule has 0 atom stereocenters. The SMILES string of the molecule is CC1=C(c2ccc(C)cc2)S(=O)(=O)N=C1N1CCC(NC(=O)NC2CCCCC2)CC1. The molecule has 1 aromatic carbocycles. The summed E-state index contributed by atoms with van der Waals surface area (Å²) in [5.41, 5.74) is 2.46. The molecule has 3 aliphatic rings. The molecular weight excluding hydrogens is 412 g/mol. The van der Waals surface area contributed by atoms with Gasteiger partial charge in [0.2, 0.25) is 0 Å². The molecule has 2 amide bonds. The number of nitrogens with one attached hydrogen (secondary N) is 2. The zero-order valence-corrected chi connectivity index (χ0v) is 19.2. The van der Waals surface area contributed by atoms with E-state index in [9.17, 15) is 13.2 Å². The van der Waals surface area contributed by atoms with Crippen molar-refractivity contribution in [2.75, 3.05) is 13.1 Å². The first-order valence-corrected chi connectivity index (χ1v) is 12.7. The average molecular weight is 445 g/mol. The molecule has 0 spiro atoms. The van der Waals surface area contributed by atoms with Crippen molar-refractivity contribution in [2.45, 2.75) is 70.9 Å². The summed E-state index contributed by atoms with van der Waals surface area (Å²) in [6.07, 6.45) is 7.30. The van der Waals surface area contributed by atoms with Crippen LogP contribution in [-0.4, -0.2) is 50.4 Å². The average Bonchev–Trinajstić information content (AvgIpc) is 2.99. The Bertz CT molecular complexity index is 984. The molecule has 0 bridgehead atoms. The molecule has 1 aliphatic carbocycles. The number of nitrogens with zero attached hydrogens (tertiary/aromatic N) is 2. The Morgan fingerprint density at radius 1 is 0.935 bits per heavy atom. The molecule has 1 aromatic rings.